The summed E-state index contributed by atoms with van der Waals surface area (Å²) in [6, 6.07) is 89.5. The summed E-state index contributed by atoms with van der Waals surface area (Å²) in [7, 11) is 0. The van der Waals surface area contributed by atoms with Gasteiger partial charge in [0.2, 0.25) is 0 Å². The molecule has 80 heavy (non-hydrogen) atoms. The van der Waals surface area contributed by atoms with Crippen molar-refractivity contribution in [1.29, 1.82) is 0 Å². The minimum absolute atomic E-state index is 1.09. The van der Waals surface area contributed by atoms with Crippen LogP contribution in [0.15, 0.2) is 254 Å². The molecule has 2 fully saturated rings. The van der Waals surface area contributed by atoms with Crippen LogP contribution in [-0.2, 0) is 0 Å². The fourth-order valence-electron chi connectivity index (χ4n) is 11.9. The van der Waals surface area contributed by atoms with E-state index in [0.29, 0.717) is 0 Å². The van der Waals surface area contributed by atoms with Crippen LogP contribution >= 0.6 is 0 Å². The van der Waals surface area contributed by atoms with E-state index in [0.717, 1.165) is 56.0 Å². The number of hydrogen-bond donors (Lipinski definition) is 0. The Morgan fingerprint density at radius 1 is 0.287 bits per heavy atom. The number of hydrogen-bond acceptors (Lipinski definition) is 2. The molecule has 2 aliphatic carbocycles. The van der Waals surface area contributed by atoms with Gasteiger partial charge in [-0.05, 0) is 194 Å². The van der Waals surface area contributed by atoms with Crippen molar-refractivity contribution < 1.29 is 0 Å². The molecule has 0 amide bonds. The van der Waals surface area contributed by atoms with Crippen LogP contribution in [0.25, 0.3) is 46.2 Å². The summed E-state index contributed by atoms with van der Waals surface area (Å²) in [5, 5.41) is 2.32. The molecule has 392 valence electrons. The first-order valence-corrected chi connectivity index (χ1v) is 29.1. The van der Waals surface area contributed by atoms with Crippen LogP contribution < -0.4 is 9.80 Å². The molecule has 2 heteroatoms. The van der Waals surface area contributed by atoms with Crippen LogP contribution in [-0.4, -0.2) is 0 Å². The maximum Gasteiger partial charge on any atom is 0.0541 e. The summed E-state index contributed by atoms with van der Waals surface area (Å²) >= 11 is 0. The second-order valence-electron chi connectivity index (χ2n) is 22.0. The number of allylic oxidation sites excluding steroid dienone is 2. The highest BCUT2D eigenvalue weighted by molar-refractivity contribution is 6.07. The van der Waals surface area contributed by atoms with Gasteiger partial charge < -0.3 is 9.80 Å². The van der Waals surface area contributed by atoms with Crippen LogP contribution in [0.3, 0.4) is 0 Å². The zero-order valence-electron chi connectivity index (χ0n) is 46.4. The van der Waals surface area contributed by atoms with E-state index in [2.05, 4.69) is 291 Å². The van der Waals surface area contributed by atoms with Crippen molar-refractivity contribution in [3.05, 3.63) is 309 Å². The van der Waals surface area contributed by atoms with E-state index in [1.54, 1.807) is 11.1 Å². The molecule has 0 radical (unpaired) electrons. The summed E-state index contributed by atoms with van der Waals surface area (Å²) in [4.78, 5) is 4.81. The van der Waals surface area contributed by atoms with Gasteiger partial charge in [0.1, 0.15) is 0 Å². The average molecular weight is 1040 g/mol. The van der Waals surface area contributed by atoms with Crippen molar-refractivity contribution in [2.45, 2.75) is 78.1 Å². The zero-order valence-corrected chi connectivity index (χ0v) is 46.4. The largest absolute Gasteiger partial charge is 0.310 e. The lowest BCUT2D eigenvalue weighted by atomic mass is 9.91. The second kappa shape index (κ2) is 24.4. The second-order valence-corrected chi connectivity index (χ2v) is 22.0. The summed E-state index contributed by atoms with van der Waals surface area (Å²) in [5.74, 6) is 0. The predicted molar refractivity (Wildman–Crippen MR) is 345 cm³/mol. The lowest BCUT2D eigenvalue weighted by Crippen LogP contribution is -2.13. The van der Waals surface area contributed by atoms with E-state index in [4.69, 9.17) is 0 Å². The van der Waals surface area contributed by atoms with Gasteiger partial charge in [-0.15, -0.1) is 0 Å². The standard InChI is InChI=1S/C78H70N2/c1-57-27-39-65(40-28-57)75(66-41-29-58(2)30-42-66)55-63-35-47-71(48-36-63)79(69-21-11-5-12-22-69)77-51-52-78(74-26-16-15-25-73(74)77)80(70-23-13-6-14-24-70)72-49-37-64(38-50-72)56-76(67-43-31-61(32-44-67)53-59-17-7-3-8-18-59)68-45-33-62(34-46-68)54-60-19-9-4-10-20-60/h5-6,11-16,21-56H,3-4,7-10,17-20H2,1-2H3. The first-order chi connectivity index (χ1) is 39.5. The topological polar surface area (TPSA) is 6.48 Å². The molecular formula is C78H70N2. The van der Waals surface area contributed by atoms with Crippen LogP contribution in [0, 0.1) is 13.8 Å². The van der Waals surface area contributed by atoms with Crippen LogP contribution in [0.4, 0.5) is 34.1 Å². The first kappa shape index (κ1) is 51.8. The van der Waals surface area contributed by atoms with Crippen molar-refractivity contribution in [2.24, 2.45) is 0 Å². The SMILES string of the molecule is Cc1ccc(C(=Cc2ccc(N(c3ccccc3)c3ccc(N(c4ccccc4)c4ccc(C=C(c5ccc(C=C6CCCCC6)cc5)c5ccc(C=C6CCCCC6)cc5)cc4)c4ccccc34)cc2)c2ccc(C)cc2)cc1. The highest BCUT2D eigenvalue weighted by atomic mass is 15.2. The summed E-state index contributed by atoms with van der Waals surface area (Å²) in [5.41, 5.74) is 24.4. The van der Waals surface area contributed by atoms with Gasteiger partial charge in [-0.2, -0.15) is 0 Å². The molecule has 0 aromatic heterocycles. The fraction of sp³-hybridized carbons (Fsp3) is 0.154. The molecule has 2 saturated carbocycles. The molecule has 0 atom stereocenters. The van der Waals surface area contributed by atoms with Crippen LogP contribution in [0.1, 0.15) is 120 Å². The van der Waals surface area contributed by atoms with Gasteiger partial charge in [-0.1, -0.05) is 229 Å². The fourth-order valence-corrected chi connectivity index (χ4v) is 11.9. The Morgan fingerprint density at radius 2 is 0.588 bits per heavy atom. The lowest BCUT2D eigenvalue weighted by molar-refractivity contribution is 0.602. The van der Waals surface area contributed by atoms with Gasteiger partial charge >= 0.3 is 0 Å². The number of rotatable bonds is 14. The molecule has 0 saturated heterocycles. The van der Waals surface area contributed by atoms with Gasteiger partial charge in [0, 0.05) is 33.5 Å². The Kier molecular flexibility index (Phi) is 15.8. The third-order valence-corrected chi connectivity index (χ3v) is 16.2. The number of fused-ring (bicyclic) bond motifs is 1. The van der Waals surface area contributed by atoms with Crippen molar-refractivity contribution in [3.63, 3.8) is 0 Å². The summed E-state index contributed by atoms with van der Waals surface area (Å²) in [6.07, 6.45) is 22.4. The van der Waals surface area contributed by atoms with Gasteiger partial charge in [-0.3, -0.25) is 0 Å². The average Bonchev–Trinajstić information content (AvgIpc) is 3.71. The van der Waals surface area contributed by atoms with E-state index in [9.17, 15) is 0 Å². The number of nitrogens with zero attached hydrogens (tertiary/aromatic N) is 2. The number of para-hydroxylation sites is 2. The Morgan fingerprint density at radius 3 is 0.938 bits per heavy atom. The number of benzene rings is 10. The maximum absolute atomic E-state index is 2.43. The molecule has 0 heterocycles. The van der Waals surface area contributed by atoms with Crippen LogP contribution in [0.5, 0.6) is 0 Å². The Hall–Kier alpha value is -8.98. The van der Waals surface area contributed by atoms with Gasteiger partial charge in [0.05, 0.1) is 11.4 Å². The minimum Gasteiger partial charge on any atom is -0.310 e. The molecule has 2 nitrogen and oxygen atoms in total. The molecule has 10 aromatic rings. The Labute approximate surface area is 475 Å². The Bertz CT molecular complexity index is 3690. The number of anilines is 6. The van der Waals surface area contributed by atoms with Gasteiger partial charge in [-0.25, -0.2) is 0 Å². The van der Waals surface area contributed by atoms with Gasteiger partial charge in [0.15, 0.2) is 0 Å². The third kappa shape index (κ3) is 12.0. The lowest BCUT2D eigenvalue weighted by Gasteiger charge is -2.30. The monoisotopic (exact) mass is 1030 g/mol. The van der Waals surface area contributed by atoms with E-state index in [1.165, 1.54) is 120 Å². The zero-order chi connectivity index (χ0) is 54.0. The first-order valence-electron chi connectivity index (χ1n) is 29.1. The molecule has 10 aromatic carbocycles. The van der Waals surface area contributed by atoms with Crippen molar-refractivity contribution >= 4 is 80.3 Å². The molecule has 12 rings (SSSR count). The normalized spacial score (nSPS) is 13.3. The summed E-state index contributed by atoms with van der Waals surface area (Å²) in [6.45, 7) is 4.29. The molecule has 2 aliphatic rings. The highest BCUT2D eigenvalue weighted by Crippen LogP contribution is 2.46. The smallest absolute Gasteiger partial charge is 0.0541 e. The van der Waals surface area contributed by atoms with Crippen molar-refractivity contribution in [2.75, 3.05) is 9.80 Å². The van der Waals surface area contributed by atoms with E-state index < -0.39 is 0 Å². The van der Waals surface area contributed by atoms with Crippen molar-refractivity contribution in [3.8, 4) is 0 Å². The van der Waals surface area contributed by atoms with E-state index >= 15 is 0 Å². The number of aryl methyl sites for hydroxylation is 2. The van der Waals surface area contributed by atoms with Gasteiger partial charge in [0.25, 0.3) is 0 Å². The molecule has 0 N–H and O–H groups in total. The predicted octanol–water partition coefficient (Wildman–Crippen LogP) is 22.3. The van der Waals surface area contributed by atoms with E-state index in [1.807, 2.05) is 0 Å². The summed E-state index contributed by atoms with van der Waals surface area (Å²) < 4.78 is 0. The molecule has 0 spiro atoms. The minimum atomic E-state index is 1.09. The molecule has 0 unspecified atom stereocenters. The Balaban J connectivity index is 0.903. The van der Waals surface area contributed by atoms with Crippen molar-refractivity contribution in [1.82, 2.24) is 0 Å². The highest BCUT2D eigenvalue weighted by Gasteiger charge is 2.21. The van der Waals surface area contributed by atoms with Crippen LogP contribution in [0.2, 0.25) is 0 Å². The third-order valence-electron chi connectivity index (χ3n) is 16.2. The molecule has 0 aliphatic heterocycles. The van der Waals surface area contributed by atoms with E-state index in [-0.39, 0.29) is 0 Å². The maximum atomic E-state index is 2.43. The molecular weight excluding hydrogens is 965 g/mol. The quantitative estimate of drug-likeness (QED) is 0.100. The molecule has 0 bridgehead atoms.